The van der Waals surface area contributed by atoms with E-state index in [1.165, 1.54) is 6.92 Å². The fourth-order valence-corrected chi connectivity index (χ4v) is 2.13. The molecule has 2 unspecified atom stereocenters. The van der Waals surface area contributed by atoms with Gasteiger partial charge in [-0.3, -0.25) is 9.59 Å². The summed E-state index contributed by atoms with van der Waals surface area (Å²) in [7, 11) is 1.72. The van der Waals surface area contributed by atoms with Crippen molar-refractivity contribution < 1.29 is 14.3 Å². The van der Waals surface area contributed by atoms with Gasteiger partial charge in [0.15, 0.2) is 0 Å². The fourth-order valence-electron chi connectivity index (χ4n) is 1.88. The van der Waals surface area contributed by atoms with Crippen LogP contribution in [-0.2, 0) is 14.3 Å². The summed E-state index contributed by atoms with van der Waals surface area (Å²) >= 11 is 4.08. The number of likely N-dealkylation sites (N-methyl/N-ethyl adjacent to an activating group) is 1. The van der Waals surface area contributed by atoms with E-state index in [1.807, 2.05) is 0 Å². The molecule has 0 radical (unpaired) electrons. The van der Waals surface area contributed by atoms with Crippen LogP contribution in [-0.4, -0.2) is 54.8 Å². The Bertz CT molecular complexity index is 280. The zero-order valence-electron chi connectivity index (χ0n) is 10.3. The summed E-state index contributed by atoms with van der Waals surface area (Å²) in [5.41, 5.74) is 0. The van der Waals surface area contributed by atoms with Crippen molar-refractivity contribution in [2.24, 2.45) is 0 Å². The number of thiol groups is 1. The Labute approximate surface area is 107 Å². The molecule has 6 heteroatoms. The van der Waals surface area contributed by atoms with Gasteiger partial charge in [0.2, 0.25) is 11.8 Å². The lowest BCUT2D eigenvalue weighted by molar-refractivity contribution is -0.135. The summed E-state index contributed by atoms with van der Waals surface area (Å²) in [6.45, 7) is 2.74. The molecule has 0 aromatic carbocycles. The van der Waals surface area contributed by atoms with Crippen LogP contribution in [0.15, 0.2) is 0 Å². The Hall–Kier alpha value is -0.750. The van der Waals surface area contributed by atoms with Gasteiger partial charge in [0.1, 0.15) is 6.04 Å². The molecule has 1 N–H and O–H groups in total. The molecule has 1 aliphatic heterocycles. The zero-order chi connectivity index (χ0) is 12.8. The van der Waals surface area contributed by atoms with Crippen LogP contribution in [0.25, 0.3) is 0 Å². The third-order valence-electron chi connectivity index (χ3n) is 2.74. The summed E-state index contributed by atoms with van der Waals surface area (Å²) in [5, 5.41) is 2.59. The lowest BCUT2D eigenvalue weighted by atomic mass is 10.2. The average molecular weight is 260 g/mol. The number of hydrogen-bond acceptors (Lipinski definition) is 4. The van der Waals surface area contributed by atoms with Crippen LogP contribution in [0.5, 0.6) is 0 Å². The lowest BCUT2D eigenvalue weighted by Gasteiger charge is -2.25. The molecule has 2 atom stereocenters. The molecule has 0 aliphatic carbocycles. The monoisotopic (exact) mass is 260 g/mol. The highest BCUT2D eigenvalue weighted by atomic mass is 32.1. The van der Waals surface area contributed by atoms with E-state index in [9.17, 15) is 9.59 Å². The van der Waals surface area contributed by atoms with E-state index in [2.05, 4.69) is 17.9 Å². The third-order valence-corrected chi connectivity index (χ3v) is 3.10. The standard InChI is InChI=1S/C11H20N2O3S/c1-8(14)12-10(7-17)11(15)13(2)6-9-4-3-5-16-9/h9-10,17H,3-7H2,1-2H3,(H,12,14). The molecule has 0 spiro atoms. The van der Waals surface area contributed by atoms with Crippen LogP contribution in [0.4, 0.5) is 0 Å². The average Bonchev–Trinajstić information content (AvgIpc) is 2.77. The molecular formula is C11H20N2O3S. The molecule has 17 heavy (non-hydrogen) atoms. The first-order valence-electron chi connectivity index (χ1n) is 5.79. The van der Waals surface area contributed by atoms with Gasteiger partial charge in [-0.15, -0.1) is 0 Å². The summed E-state index contributed by atoms with van der Waals surface area (Å²) in [6, 6.07) is -0.553. The molecule has 0 saturated carbocycles. The molecule has 1 aliphatic rings. The Kier molecular flexibility index (Phi) is 5.77. The number of rotatable bonds is 5. The highest BCUT2D eigenvalue weighted by Crippen LogP contribution is 2.13. The van der Waals surface area contributed by atoms with Crippen molar-refractivity contribution in [3.8, 4) is 0 Å². The van der Waals surface area contributed by atoms with Crippen LogP contribution < -0.4 is 5.32 Å². The molecular weight excluding hydrogens is 240 g/mol. The van der Waals surface area contributed by atoms with Gasteiger partial charge in [0.05, 0.1) is 6.10 Å². The fraction of sp³-hybridized carbons (Fsp3) is 0.818. The smallest absolute Gasteiger partial charge is 0.245 e. The predicted octanol–water partition coefficient (Wildman–Crippen LogP) is 0.0583. The van der Waals surface area contributed by atoms with E-state index in [0.717, 1.165) is 19.4 Å². The Morgan fingerprint density at radius 2 is 2.29 bits per heavy atom. The van der Waals surface area contributed by atoms with Crippen molar-refractivity contribution in [1.29, 1.82) is 0 Å². The van der Waals surface area contributed by atoms with E-state index in [0.29, 0.717) is 12.3 Å². The second kappa shape index (κ2) is 6.86. The maximum absolute atomic E-state index is 12.0. The summed E-state index contributed by atoms with van der Waals surface area (Å²) in [6.07, 6.45) is 2.17. The molecule has 2 amide bonds. The van der Waals surface area contributed by atoms with Crippen molar-refractivity contribution in [1.82, 2.24) is 10.2 Å². The van der Waals surface area contributed by atoms with Crippen LogP contribution in [0, 0.1) is 0 Å². The molecule has 0 aromatic heterocycles. The van der Waals surface area contributed by atoms with Crippen molar-refractivity contribution in [3.63, 3.8) is 0 Å². The second-order valence-electron chi connectivity index (χ2n) is 4.29. The second-order valence-corrected chi connectivity index (χ2v) is 4.65. The number of ether oxygens (including phenoxy) is 1. The normalized spacial score (nSPS) is 21.0. The number of carbonyl (C=O) groups excluding carboxylic acids is 2. The Morgan fingerprint density at radius 1 is 1.59 bits per heavy atom. The predicted molar refractivity (Wildman–Crippen MR) is 68.1 cm³/mol. The minimum Gasteiger partial charge on any atom is -0.376 e. The minimum atomic E-state index is -0.553. The van der Waals surface area contributed by atoms with Gasteiger partial charge in [-0.25, -0.2) is 0 Å². The molecule has 98 valence electrons. The Morgan fingerprint density at radius 3 is 2.76 bits per heavy atom. The van der Waals surface area contributed by atoms with Crippen molar-refractivity contribution >= 4 is 24.4 Å². The molecule has 5 nitrogen and oxygen atoms in total. The summed E-state index contributed by atoms with van der Waals surface area (Å²) in [4.78, 5) is 24.6. The molecule has 1 saturated heterocycles. The van der Waals surface area contributed by atoms with Crippen molar-refractivity contribution in [3.05, 3.63) is 0 Å². The topological polar surface area (TPSA) is 58.6 Å². The van der Waals surface area contributed by atoms with Gasteiger partial charge >= 0.3 is 0 Å². The maximum Gasteiger partial charge on any atom is 0.245 e. The van der Waals surface area contributed by atoms with E-state index in [1.54, 1.807) is 11.9 Å². The molecule has 1 fully saturated rings. The SMILES string of the molecule is CC(=O)NC(CS)C(=O)N(C)CC1CCCO1. The van der Waals surface area contributed by atoms with Crippen LogP contribution in [0.2, 0.25) is 0 Å². The number of nitrogens with one attached hydrogen (secondary N) is 1. The first kappa shape index (κ1) is 14.3. The zero-order valence-corrected chi connectivity index (χ0v) is 11.2. The largest absolute Gasteiger partial charge is 0.376 e. The van der Waals surface area contributed by atoms with Gasteiger partial charge in [-0.1, -0.05) is 0 Å². The van der Waals surface area contributed by atoms with Gasteiger partial charge in [0.25, 0.3) is 0 Å². The highest BCUT2D eigenvalue weighted by Gasteiger charge is 2.25. The lowest BCUT2D eigenvalue weighted by Crippen LogP contribution is -2.49. The number of carbonyl (C=O) groups is 2. The van der Waals surface area contributed by atoms with Gasteiger partial charge in [-0.2, -0.15) is 12.6 Å². The van der Waals surface area contributed by atoms with Crippen LogP contribution >= 0.6 is 12.6 Å². The van der Waals surface area contributed by atoms with Crippen molar-refractivity contribution in [2.45, 2.75) is 31.9 Å². The van der Waals surface area contributed by atoms with Gasteiger partial charge < -0.3 is 15.0 Å². The van der Waals surface area contributed by atoms with Gasteiger partial charge in [0, 0.05) is 32.9 Å². The highest BCUT2D eigenvalue weighted by molar-refractivity contribution is 7.80. The third kappa shape index (κ3) is 4.55. The first-order valence-corrected chi connectivity index (χ1v) is 6.42. The molecule has 0 aromatic rings. The van der Waals surface area contributed by atoms with Crippen LogP contribution in [0.1, 0.15) is 19.8 Å². The number of nitrogens with zero attached hydrogens (tertiary/aromatic N) is 1. The van der Waals surface area contributed by atoms with Gasteiger partial charge in [-0.05, 0) is 12.8 Å². The first-order chi connectivity index (χ1) is 8.04. The molecule has 1 heterocycles. The van der Waals surface area contributed by atoms with E-state index in [-0.39, 0.29) is 17.9 Å². The van der Waals surface area contributed by atoms with E-state index < -0.39 is 6.04 Å². The Balaban J connectivity index is 2.44. The number of amides is 2. The summed E-state index contributed by atoms with van der Waals surface area (Å²) in [5.74, 6) is -0.0394. The summed E-state index contributed by atoms with van der Waals surface area (Å²) < 4.78 is 5.47. The minimum absolute atomic E-state index is 0.120. The molecule has 1 rings (SSSR count). The quantitative estimate of drug-likeness (QED) is 0.687. The van der Waals surface area contributed by atoms with E-state index in [4.69, 9.17) is 4.74 Å². The maximum atomic E-state index is 12.0. The van der Waals surface area contributed by atoms with Crippen LogP contribution in [0.3, 0.4) is 0 Å². The van der Waals surface area contributed by atoms with Crippen molar-refractivity contribution in [2.75, 3.05) is 26.0 Å². The van der Waals surface area contributed by atoms with E-state index >= 15 is 0 Å². The molecule has 0 bridgehead atoms. The number of hydrogen-bond donors (Lipinski definition) is 2.